The third-order valence-corrected chi connectivity index (χ3v) is 3.20. The van der Waals surface area contributed by atoms with E-state index in [1.165, 1.54) is 0 Å². The highest BCUT2D eigenvalue weighted by Gasteiger charge is 2.22. The molecular formula is C12H17F2N3O. The largest absolute Gasteiger partial charge is 0.472 e. The zero-order chi connectivity index (χ0) is 13.1. The lowest BCUT2D eigenvalue weighted by atomic mass is 9.89. The SMILES string of the molecule is CC1CCCC(Oc2nc(NN)c(F)cc2F)C1. The molecule has 1 fully saturated rings. The van der Waals surface area contributed by atoms with Gasteiger partial charge in [-0.2, -0.15) is 4.98 Å². The summed E-state index contributed by atoms with van der Waals surface area (Å²) in [6.45, 7) is 2.14. The van der Waals surface area contributed by atoms with E-state index in [0.717, 1.165) is 31.7 Å². The number of pyridine rings is 1. The smallest absolute Gasteiger partial charge is 0.252 e. The maximum atomic E-state index is 13.5. The lowest BCUT2D eigenvalue weighted by Crippen LogP contribution is -2.25. The molecule has 0 spiro atoms. The van der Waals surface area contributed by atoms with E-state index in [2.05, 4.69) is 17.3 Å². The summed E-state index contributed by atoms with van der Waals surface area (Å²) in [5.41, 5.74) is 2.08. The van der Waals surface area contributed by atoms with Crippen LogP contribution in [-0.4, -0.2) is 11.1 Å². The first-order chi connectivity index (χ1) is 8.60. The molecule has 0 aromatic carbocycles. The van der Waals surface area contributed by atoms with Gasteiger partial charge in [0.15, 0.2) is 17.5 Å². The second-order valence-corrected chi connectivity index (χ2v) is 4.76. The van der Waals surface area contributed by atoms with Gasteiger partial charge in [-0.1, -0.05) is 13.3 Å². The van der Waals surface area contributed by atoms with Crippen molar-refractivity contribution >= 4 is 5.82 Å². The van der Waals surface area contributed by atoms with Crippen molar-refractivity contribution in [1.82, 2.24) is 4.98 Å². The normalized spacial score (nSPS) is 23.8. The Kier molecular flexibility index (Phi) is 3.96. The van der Waals surface area contributed by atoms with Crippen molar-refractivity contribution in [1.29, 1.82) is 0 Å². The van der Waals surface area contributed by atoms with E-state index < -0.39 is 11.6 Å². The molecule has 1 aromatic rings. The van der Waals surface area contributed by atoms with Gasteiger partial charge in [0, 0.05) is 6.07 Å². The van der Waals surface area contributed by atoms with Crippen LogP contribution in [0.15, 0.2) is 6.07 Å². The van der Waals surface area contributed by atoms with Crippen LogP contribution in [0.1, 0.15) is 32.6 Å². The molecule has 0 radical (unpaired) electrons. The molecule has 1 aliphatic carbocycles. The number of nitrogens with one attached hydrogen (secondary N) is 1. The Morgan fingerprint density at radius 2 is 2.17 bits per heavy atom. The molecule has 2 atom stereocenters. The Bertz CT molecular complexity index is 428. The third-order valence-electron chi connectivity index (χ3n) is 3.20. The van der Waals surface area contributed by atoms with Crippen molar-refractivity contribution in [2.45, 2.75) is 38.7 Å². The second kappa shape index (κ2) is 5.48. The molecule has 0 saturated heterocycles. The summed E-state index contributed by atoms with van der Waals surface area (Å²) >= 11 is 0. The maximum absolute atomic E-state index is 13.5. The molecule has 4 nitrogen and oxygen atoms in total. The number of hydrazine groups is 1. The zero-order valence-corrected chi connectivity index (χ0v) is 10.2. The van der Waals surface area contributed by atoms with Crippen LogP contribution in [-0.2, 0) is 0 Å². The average Bonchev–Trinajstić information content (AvgIpc) is 2.33. The van der Waals surface area contributed by atoms with Crippen LogP contribution in [0, 0.1) is 17.6 Å². The lowest BCUT2D eigenvalue weighted by Gasteiger charge is -2.27. The quantitative estimate of drug-likeness (QED) is 0.645. The van der Waals surface area contributed by atoms with Crippen molar-refractivity contribution in [2.24, 2.45) is 11.8 Å². The lowest BCUT2D eigenvalue weighted by molar-refractivity contribution is 0.118. The molecule has 2 unspecified atom stereocenters. The Labute approximate surface area is 105 Å². The van der Waals surface area contributed by atoms with E-state index in [9.17, 15) is 8.78 Å². The van der Waals surface area contributed by atoms with Gasteiger partial charge in [-0.3, -0.25) is 0 Å². The first-order valence-corrected chi connectivity index (χ1v) is 6.09. The summed E-state index contributed by atoms with van der Waals surface area (Å²) < 4.78 is 32.2. The molecule has 3 N–H and O–H groups in total. The minimum absolute atomic E-state index is 0.0631. The topological polar surface area (TPSA) is 60.2 Å². The molecule has 1 saturated carbocycles. The molecule has 1 heterocycles. The van der Waals surface area contributed by atoms with Gasteiger partial charge in [0.25, 0.3) is 5.88 Å². The molecule has 2 rings (SSSR count). The number of anilines is 1. The van der Waals surface area contributed by atoms with Gasteiger partial charge in [0.05, 0.1) is 0 Å². The highest BCUT2D eigenvalue weighted by Crippen LogP contribution is 2.28. The summed E-state index contributed by atoms with van der Waals surface area (Å²) in [5.74, 6) is 3.61. The van der Waals surface area contributed by atoms with E-state index in [1.54, 1.807) is 0 Å². The molecule has 6 heteroatoms. The number of hydrogen-bond donors (Lipinski definition) is 2. The van der Waals surface area contributed by atoms with Crippen LogP contribution in [0.25, 0.3) is 0 Å². The first-order valence-electron chi connectivity index (χ1n) is 6.09. The van der Waals surface area contributed by atoms with Crippen LogP contribution in [0.4, 0.5) is 14.6 Å². The predicted octanol–water partition coefficient (Wildman–Crippen LogP) is 2.60. The fourth-order valence-corrected chi connectivity index (χ4v) is 2.28. The minimum Gasteiger partial charge on any atom is -0.472 e. The molecule has 1 aliphatic rings. The first kappa shape index (κ1) is 13.0. The van der Waals surface area contributed by atoms with Gasteiger partial charge in [-0.25, -0.2) is 14.6 Å². The standard InChI is InChI=1S/C12H17F2N3O/c1-7-3-2-4-8(5-7)18-12-10(14)6-9(13)11(16-12)17-15/h6-8H,2-5,15H2,1H3,(H,16,17). The van der Waals surface area contributed by atoms with Crippen LogP contribution < -0.4 is 16.0 Å². The Morgan fingerprint density at radius 3 is 2.83 bits per heavy atom. The highest BCUT2D eigenvalue weighted by atomic mass is 19.1. The monoisotopic (exact) mass is 257 g/mol. The number of nitrogen functional groups attached to an aromatic ring is 1. The Morgan fingerprint density at radius 1 is 1.39 bits per heavy atom. The molecule has 18 heavy (non-hydrogen) atoms. The fraction of sp³-hybridized carbons (Fsp3) is 0.583. The Balaban J connectivity index is 2.13. The van der Waals surface area contributed by atoms with Crippen LogP contribution in [0.3, 0.4) is 0 Å². The summed E-state index contributed by atoms with van der Waals surface area (Å²) in [6, 6.07) is 0.726. The summed E-state index contributed by atoms with van der Waals surface area (Å²) in [4.78, 5) is 3.70. The van der Waals surface area contributed by atoms with E-state index in [4.69, 9.17) is 10.6 Å². The van der Waals surface area contributed by atoms with E-state index >= 15 is 0 Å². The summed E-state index contributed by atoms with van der Waals surface area (Å²) in [6.07, 6.45) is 3.88. The molecule has 0 aliphatic heterocycles. The predicted molar refractivity (Wildman–Crippen MR) is 64.0 cm³/mol. The molecule has 0 amide bonds. The molecule has 0 bridgehead atoms. The van der Waals surface area contributed by atoms with E-state index in [1.807, 2.05) is 0 Å². The number of rotatable bonds is 3. The number of nitrogens with two attached hydrogens (primary N) is 1. The zero-order valence-electron chi connectivity index (χ0n) is 10.2. The number of ether oxygens (including phenoxy) is 1. The third kappa shape index (κ3) is 2.87. The molecule has 1 aromatic heterocycles. The van der Waals surface area contributed by atoms with Gasteiger partial charge < -0.3 is 10.2 Å². The van der Waals surface area contributed by atoms with Crippen molar-refractivity contribution in [2.75, 3.05) is 5.43 Å². The van der Waals surface area contributed by atoms with E-state index in [0.29, 0.717) is 5.92 Å². The van der Waals surface area contributed by atoms with Crippen molar-refractivity contribution in [3.05, 3.63) is 17.7 Å². The second-order valence-electron chi connectivity index (χ2n) is 4.76. The highest BCUT2D eigenvalue weighted by molar-refractivity contribution is 5.38. The Hall–Kier alpha value is -1.43. The van der Waals surface area contributed by atoms with Crippen molar-refractivity contribution in [3.63, 3.8) is 0 Å². The van der Waals surface area contributed by atoms with Gasteiger partial charge in [-0.05, 0) is 25.2 Å². The van der Waals surface area contributed by atoms with Gasteiger partial charge in [-0.15, -0.1) is 0 Å². The fourth-order valence-electron chi connectivity index (χ4n) is 2.28. The van der Waals surface area contributed by atoms with Gasteiger partial charge >= 0.3 is 0 Å². The van der Waals surface area contributed by atoms with Crippen molar-refractivity contribution < 1.29 is 13.5 Å². The number of hydrogen-bond acceptors (Lipinski definition) is 4. The molecule has 100 valence electrons. The van der Waals surface area contributed by atoms with Gasteiger partial charge in [0.2, 0.25) is 0 Å². The summed E-state index contributed by atoms with van der Waals surface area (Å²) in [5, 5.41) is 0. The number of aromatic nitrogens is 1. The van der Waals surface area contributed by atoms with Crippen LogP contribution >= 0.6 is 0 Å². The summed E-state index contributed by atoms with van der Waals surface area (Å²) in [7, 11) is 0. The van der Waals surface area contributed by atoms with Crippen LogP contribution in [0.2, 0.25) is 0 Å². The molecular weight excluding hydrogens is 240 g/mol. The van der Waals surface area contributed by atoms with E-state index in [-0.39, 0.29) is 17.8 Å². The van der Waals surface area contributed by atoms with Gasteiger partial charge in [0.1, 0.15) is 6.10 Å². The number of nitrogens with zero attached hydrogens (tertiary/aromatic N) is 1. The minimum atomic E-state index is -0.834. The van der Waals surface area contributed by atoms with Crippen molar-refractivity contribution in [3.8, 4) is 5.88 Å². The average molecular weight is 257 g/mol. The number of halogens is 2. The van der Waals surface area contributed by atoms with Crippen LogP contribution in [0.5, 0.6) is 5.88 Å². The maximum Gasteiger partial charge on any atom is 0.252 e.